The van der Waals surface area contributed by atoms with Crippen LogP contribution in [0.4, 0.5) is 5.69 Å². The Morgan fingerprint density at radius 3 is 2.44 bits per heavy atom. The molecule has 1 aliphatic rings. The molecular weight excluding hydrogens is 412 g/mol. The molecule has 8 heteroatoms. The Morgan fingerprint density at radius 1 is 1.06 bits per heavy atom. The summed E-state index contributed by atoms with van der Waals surface area (Å²) in [7, 11) is 6.70. The van der Waals surface area contributed by atoms with Crippen LogP contribution in [-0.2, 0) is 6.42 Å². The van der Waals surface area contributed by atoms with Gasteiger partial charge in [-0.05, 0) is 54.8 Å². The van der Waals surface area contributed by atoms with E-state index in [0.29, 0.717) is 29.5 Å². The van der Waals surface area contributed by atoms with E-state index < -0.39 is 0 Å². The second-order valence-electron chi connectivity index (χ2n) is 7.71. The van der Waals surface area contributed by atoms with Crippen LogP contribution in [0.1, 0.15) is 23.6 Å². The van der Waals surface area contributed by atoms with Gasteiger partial charge in [0.25, 0.3) is 0 Å². The molecule has 32 heavy (non-hydrogen) atoms. The molecule has 0 amide bonds. The average Bonchev–Trinajstić information content (AvgIpc) is 3.04. The van der Waals surface area contributed by atoms with Crippen LogP contribution >= 0.6 is 0 Å². The standard InChI is InChI=1S/C24H32N2O6/c1-26(10-12-28)19-8-5-15-13-21(30-2)23(31-3)24(32-4)22(15)16-6-7-18(25-9-11-27)20(29)14-17(16)19/h6-7,13-14,19,27-28H,5,8-12H2,1-4H3,(H,25,29)/t19-/m0/s1. The fourth-order valence-corrected chi connectivity index (χ4v) is 4.40. The van der Waals surface area contributed by atoms with Gasteiger partial charge in [-0.15, -0.1) is 0 Å². The molecule has 0 saturated carbocycles. The van der Waals surface area contributed by atoms with Crippen molar-refractivity contribution in [3.63, 3.8) is 0 Å². The van der Waals surface area contributed by atoms with Crippen molar-refractivity contribution in [2.75, 3.05) is 60.0 Å². The highest BCUT2D eigenvalue weighted by atomic mass is 16.5. The van der Waals surface area contributed by atoms with Gasteiger partial charge in [-0.2, -0.15) is 0 Å². The Labute approximate surface area is 188 Å². The Balaban J connectivity index is 2.35. The predicted octanol–water partition coefficient (Wildman–Crippen LogP) is 2.06. The number of anilines is 1. The summed E-state index contributed by atoms with van der Waals surface area (Å²) in [4.78, 5) is 15.1. The van der Waals surface area contributed by atoms with Gasteiger partial charge < -0.3 is 29.7 Å². The van der Waals surface area contributed by atoms with Crippen LogP contribution in [0.5, 0.6) is 17.2 Å². The number of methoxy groups -OCH3 is 3. The first-order valence-electron chi connectivity index (χ1n) is 10.7. The first-order chi connectivity index (χ1) is 15.5. The zero-order chi connectivity index (χ0) is 23.3. The number of aliphatic hydroxyl groups is 2. The summed E-state index contributed by atoms with van der Waals surface area (Å²) in [6.07, 6.45) is 1.48. The topological polar surface area (TPSA) is 100 Å². The number of rotatable bonds is 9. The molecule has 0 fully saturated rings. The SMILES string of the molecule is COc1cc2c(c(OC)c1OC)-c1ccc(NCCO)c(=O)cc1[C@@H](N(C)CCO)CC2. The normalized spacial score (nSPS) is 14.9. The second kappa shape index (κ2) is 10.7. The Bertz CT molecular complexity index is 1010. The van der Waals surface area contributed by atoms with E-state index >= 15 is 0 Å². The minimum Gasteiger partial charge on any atom is -0.493 e. The lowest BCUT2D eigenvalue weighted by Crippen LogP contribution is -2.28. The van der Waals surface area contributed by atoms with Crippen LogP contribution in [0.15, 0.2) is 29.1 Å². The third-order valence-corrected chi connectivity index (χ3v) is 5.92. The highest BCUT2D eigenvalue weighted by molar-refractivity contribution is 5.83. The van der Waals surface area contributed by atoms with Gasteiger partial charge in [-0.1, -0.05) is 6.07 Å². The van der Waals surface area contributed by atoms with Crippen molar-refractivity contribution in [2.24, 2.45) is 0 Å². The van der Waals surface area contributed by atoms with Gasteiger partial charge in [-0.25, -0.2) is 0 Å². The molecule has 1 aliphatic carbocycles. The summed E-state index contributed by atoms with van der Waals surface area (Å²) in [6.45, 7) is 0.704. The largest absolute Gasteiger partial charge is 0.493 e. The summed E-state index contributed by atoms with van der Waals surface area (Å²) in [5, 5.41) is 21.7. The van der Waals surface area contributed by atoms with Crippen molar-refractivity contribution in [3.05, 3.63) is 45.6 Å². The van der Waals surface area contributed by atoms with Crippen LogP contribution < -0.4 is 25.0 Å². The number of nitrogens with one attached hydrogen (secondary N) is 1. The van der Waals surface area contributed by atoms with Crippen molar-refractivity contribution in [1.82, 2.24) is 4.90 Å². The number of likely N-dealkylation sites (N-methyl/N-ethyl adjacent to an activating group) is 1. The van der Waals surface area contributed by atoms with E-state index in [2.05, 4.69) is 10.2 Å². The zero-order valence-electron chi connectivity index (χ0n) is 19.1. The lowest BCUT2D eigenvalue weighted by molar-refractivity contribution is 0.175. The molecule has 0 radical (unpaired) electrons. The molecule has 0 saturated heterocycles. The van der Waals surface area contributed by atoms with Gasteiger partial charge >= 0.3 is 0 Å². The molecule has 0 aromatic heterocycles. The van der Waals surface area contributed by atoms with Crippen molar-refractivity contribution in [1.29, 1.82) is 0 Å². The first-order valence-corrected chi connectivity index (χ1v) is 10.7. The van der Waals surface area contributed by atoms with E-state index in [1.54, 1.807) is 33.5 Å². The lowest BCUT2D eigenvalue weighted by atomic mass is 9.95. The maximum atomic E-state index is 13.0. The van der Waals surface area contributed by atoms with Gasteiger partial charge in [0.1, 0.15) is 0 Å². The summed E-state index contributed by atoms with van der Waals surface area (Å²) >= 11 is 0. The molecule has 3 rings (SSSR count). The monoisotopic (exact) mass is 444 g/mol. The molecule has 0 unspecified atom stereocenters. The summed E-state index contributed by atoms with van der Waals surface area (Å²) in [5.74, 6) is 1.63. The Morgan fingerprint density at radius 2 is 1.81 bits per heavy atom. The number of hydrogen-bond donors (Lipinski definition) is 3. The average molecular weight is 445 g/mol. The molecule has 174 valence electrons. The van der Waals surface area contributed by atoms with Crippen molar-refractivity contribution >= 4 is 5.69 Å². The van der Waals surface area contributed by atoms with Gasteiger partial charge in [0.15, 0.2) is 11.5 Å². The summed E-state index contributed by atoms with van der Waals surface area (Å²) in [6, 6.07) is 7.18. The van der Waals surface area contributed by atoms with E-state index in [1.807, 2.05) is 19.2 Å². The molecule has 0 spiro atoms. The number of aryl methyl sites for hydroxylation is 1. The third-order valence-electron chi connectivity index (χ3n) is 5.92. The third kappa shape index (κ3) is 4.53. The van der Waals surface area contributed by atoms with E-state index in [1.165, 1.54) is 0 Å². The zero-order valence-corrected chi connectivity index (χ0v) is 19.1. The maximum Gasteiger partial charge on any atom is 0.203 e. The first kappa shape index (κ1) is 23.8. The smallest absolute Gasteiger partial charge is 0.203 e. The highest BCUT2D eigenvalue weighted by Crippen LogP contribution is 2.50. The number of hydrogen-bond acceptors (Lipinski definition) is 8. The second-order valence-corrected chi connectivity index (χ2v) is 7.71. The maximum absolute atomic E-state index is 13.0. The van der Waals surface area contributed by atoms with Crippen LogP contribution in [0, 0.1) is 0 Å². The Kier molecular flexibility index (Phi) is 7.95. The summed E-state index contributed by atoms with van der Waals surface area (Å²) < 4.78 is 17.0. The molecule has 8 nitrogen and oxygen atoms in total. The van der Waals surface area contributed by atoms with Crippen molar-refractivity contribution in [3.8, 4) is 28.4 Å². The van der Waals surface area contributed by atoms with E-state index in [0.717, 1.165) is 35.1 Å². The number of ether oxygens (including phenoxy) is 3. The number of nitrogens with zero attached hydrogens (tertiary/aromatic N) is 1. The molecule has 0 heterocycles. The van der Waals surface area contributed by atoms with Gasteiger partial charge in [0.05, 0.1) is 40.2 Å². The summed E-state index contributed by atoms with van der Waals surface area (Å²) in [5.41, 5.74) is 3.86. The molecule has 0 bridgehead atoms. The van der Waals surface area contributed by atoms with Gasteiger partial charge in [0.2, 0.25) is 11.2 Å². The fraction of sp³-hybridized carbons (Fsp3) is 0.458. The van der Waals surface area contributed by atoms with Crippen LogP contribution in [-0.4, -0.2) is 69.8 Å². The quantitative estimate of drug-likeness (QED) is 0.540. The van der Waals surface area contributed by atoms with Crippen molar-refractivity contribution < 1.29 is 24.4 Å². The van der Waals surface area contributed by atoms with Crippen molar-refractivity contribution in [2.45, 2.75) is 18.9 Å². The fourth-order valence-electron chi connectivity index (χ4n) is 4.40. The predicted molar refractivity (Wildman–Crippen MR) is 124 cm³/mol. The molecule has 2 aromatic rings. The molecule has 2 aromatic carbocycles. The Hall–Kier alpha value is -2.81. The molecule has 0 aliphatic heterocycles. The minimum absolute atomic E-state index is 0.0206. The lowest BCUT2D eigenvalue weighted by Gasteiger charge is -2.27. The minimum atomic E-state index is -0.162. The number of benzene rings is 1. The van der Waals surface area contributed by atoms with E-state index in [4.69, 9.17) is 14.2 Å². The van der Waals surface area contributed by atoms with Crippen LogP contribution in [0.3, 0.4) is 0 Å². The number of fused-ring (bicyclic) bond motifs is 3. The molecule has 3 N–H and O–H groups in total. The van der Waals surface area contributed by atoms with E-state index in [-0.39, 0.29) is 31.2 Å². The highest BCUT2D eigenvalue weighted by Gasteiger charge is 2.30. The molecule has 1 atom stereocenters. The van der Waals surface area contributed by atoms with Gasteiger partial charge in [-0.3, -0.25) is 9.69 Å². The van der Waals surface area contributed by atoms with Gasteiger partial charge in [0, 0.05) is 24.7 Å². The number of aliphatic hydroxyl groups excluding tert-OH is 2. The van der Waals surface area contributed by atoms with Crippen LogP contribution in [0.25, 0.3) is 11.1 Å². The van der Waals surface area contributed by atoms with Crippen LogP contribution in [0.2, 0.25) is 0 Å². The molecular formula is C24H32N2O6. The van der Waals surface area contributed by atoms with E-state index in [9.17, 15) is 15.0 Å².